The van der Waals surface area contributed by atoms with Crippen molar-refractivity contribution in [3.05, 3.63) is 23.8 Å². The maximum atomic E-state index is 11.9. The van der Waals surface area contributed by atoms with Gasteiger partial charge in [-0.3, -0.25) is 9.59 Å². The van der Waals surface area contributed by atoms with E-state index in [-0.39, 0.29) is 18.4 Å². The number of hydrogen-bond acceptors (Lipinski definition) is 4. The summed E-state index contributed by atoms with van der Waals surface area (Å²) in [6.07, 6.45) is 0.428. The molecule has 2 rings (SSSR count). The van der Waals surface area contributed by atoms with E-state index in [2.05, 4.69) is 20.7 Å². The smallest absolute Gasteiger partial charge is 0.303 e. The maximum Gasteiger partial charge on any atom is 0.303 e. The van der Waals surface area contributed by atoms with Crippen LogP contribution in [0.4, 0.5) is 0 Å². The monoisotopic (exact) mass is 262 g/mol. The largest absolute Gasteiger partial charge is 0.481 e. The Morgan fingerprint density at radius 2 is 2.11 bits per heavy atom. The van der Waals surface area contributed by atoms with Crippen LogP contribution in [0.25, 0.3) is 11.0 Å². The van der Waals surface area contributed by atoms with E-state index in [1.54, 1.807) is 25.1 Å². The average Bonchev–Trinajstić information content (AvgIpc) is 2.83. The van der Waals surface area contributed by atoms with Crippen LogP contribution < -0.4 is 5.32 Å². The van der Waals surface area contributed by atoms with Crippen LogP contribution in [0.3, 0.4) is 0 Å². The number of carbonyl (C=O) groups is 2. The predicted molar refractivity (Wildman–Crippen MR) is 67.7 cm³/mol. The first-order chi connectivity index (χ1) is 9.06. The molecule has 0 spiro atoms. The van der Waals surface area contributed by atoms with Gasteiger partial charge in [0.25, 0.3) is 5.91 Å². The third-order valence-corrected chi connectivity index (χ3v) is 2.75. The molecule has 0 aliphatic carbocycles. The van der Waals surface area contributed by atoms with E-state index in [0.717, 1.165) is 0 Å². The molecule has 0 bridgehead atoms. The number of amides is 1. The molecule has 2 aromatic rings. The Hall–Kier alpha value is -2.44. The van der Waals surface area contributed by atoms with Crippen LogP contribution >= 0.6 is 0 Å². The summed E-state index contributed by atoms with van der Waals surface area (Å²) in [6, 6.07) is 4.80. The lowest BCUT2D eigenvalue weighted by molar-refractivity contribution is -0.137. The van der Waals surface area contributed by atoms with Crippen LogP contribution in [0.2, 0.25) is 0 Å². The zero-order chi connectivity index (χ0) is 13.8. The molecule has 0 saturated heterocycles. The lowest BCUT2D eigenvalue weighted by Crippen LogP contribution is -2.32. The van der Waals surface area contributed by atoms with E-state index in [4.69, 9.17) is 5.11 Å². The molecule has 0 saturated carbocycles. The van der Waals surface area contributed by atoms with Crippen molar-refractivity contribution in [2.45, 2.75) is 25.8 Å². The normalized spacial score (nSPS) is 12.3. The zero-order valence-electron chi connectivity index (χ0n) is 10.4. The van der Waals surface area contributed by atoms with Crippen molar-refractivity contribution < 1.29 is 14.7 Å². The number of carboxylic acid groups (broad SMARTS) is 1. The summed E-state index contributed by atoms with van der Waals surface area (Å²) < 4.78 is 0. The highest BCUT2D eigenvalue weighted by Gasteiger charge is 2.12. The second-order valence-corrected chi connectivity index (χ2v) is 4.33. The molecule has 1 aromatic carbocycles. The Labute approximate surface area is 109 Å². The Kier molecular flexibility index (Phi) is 3.74. The molecule has 0 fully saturated rings. The van der Waals surface area contributed by atoms with Crippen molar-refractivity contribution in [3.63, 3.8) is 0 Å². The van der Waals surface area contributed by atoms with Gasteiger partial charge in [0.15, 0.2) is 0 Å². The third kappa shape index (κ3) is 3.27. The molecular formula is C12H14N4O3. The minimum Gasteiger partial charge on any atom is -0.481 e. The van der Waals surface area contributed by atoms with Gasteiger partial charge < -0.3 is 10.4 Å². The Morgan fingerprint density at radius 3 is 2.84 bits per heavy atom. The molecule has 3 N–H and O–H groups in total. The van der Waals surface area contributed by atoms with Gasteiger partial charge in [0, 0.05) is 18.0 Å². The van der Waals surface area contributed by atoms with Crippen molar-refractivity contribution in [2.75, 3.05) is 0 Å². The first-order valence-corrected chi connectivity index (χ1v) is 5.89. The fourth-order valence-corrected chi connectivity index (χ4v) is 1.70. The number of aromatic amines is 1. The number of aliphatic carboxylic acids is 1. The number of nitrogens with zero attached hydrogens (tertiary/aromatic N) is 2. The van der Waals surface area contributed by atoms with E-state index < -0.39 is 5.97 Å². The van der Waals surface area contributed by atoms with Gasteiger partial charge in [-0.2, -0.15) is 15.4 Å². The standard InChI is InChI=1S/C12H14N4O3/c1-7(2-5-11(17)18)13-12(19)8-3-4-9-10(6-8)15-16-14-9/h3-4,6-7H,2,5H2,1H3,(H,13,19)(H,17,18)(H,14,15,16). The zero-order valence-corrected chi connectivity index (χ0v) is 10.4. The van der Waals surface area contributed by atoms with Crippen LogP contribution in [0.5, 0.6) is 0 Å². The summed E-state index contributed by atoms with van der Waals surface area (Å²) in [5.74, 6) is -1.12. The number of carboxylic acids is 1. The lowest BCUT2D eigenvalue weighted by Gasteiger charge is -2.12. The molecule has 7 nitrogen and oxygen atoms in total. The first-order valence-electron chi connectivity index (χ1n) is 5.89. The summed E-state index contributed by atoms with van der Waals surface area (Å²) >= 11 is 0. The highest BCUT2D eigenvalue weighted by atomic mass is 16.4. The minimum absolute atomic E-state index is 0.0315. The van der Waals surface area contributed by atoms with Crippen LogP contribution in [0.15, 0.2) is 18.2 Å². The predicted octanol–water partition coefficient (Wildman–Crippen LogP) is 0.941. The fraction of sp³-hybridized carbons (Fsp3) is 0.333. The molecule has 7 heteroatoms. The molecule has 100 valence electrons. The summed E-state index contributed by atoms with van der Waals surface area (Å²) in [7, 11) is 0. The number of aromatic nitrogens is 3. The second kappa shape index (κ2) is 5.47. The van der Waals surface area contributed by atoms with E-state index in [1.165, 1.54) is 0 Å². The van der Waals surface area contributed by atoms with Gasteiger partial charge in [0.2, 0.25) is 0 Å². The number of benzene rings is 1. The summed E-state index contributed by atoms with van der Waals surface area (Å²) in [4.78, 5) is 22.4. The van der Waals surface area contributed by atoms with Gasteiger partial charge in [0.05, 0.1) is 0 Å². The van der Waals surface area contributed by atoms with Crippen LogP contribution in [-0.2, 0) is 4.79 Å². The molecule has 1 unspecified atom stereocenters. The molecular weight excluding hydrogens is 248 g/mol. The van der Waals surface area contributed by atoms with Gasteiger partial charge in [-0.15, -0.1) is 0 Å². The van der Waals surface area contributed by atoms with Gasteiger partial charge in [-0.1, -0.05) is 0 Å². The Balaban J connectivity index is 2.00. The summed E-state index contributed by atoms with van der Waals surface area (Å²) in [5.41, 5.74) is 1.78. The molecule has 1 amide bonds. The number of fused-ring (bicyclic) bond motifs is 1. The van der Waals surface area contributed by atoms with Crippen molar-refractivity contribution in [1.29, 1.82) is 0 Å². The Morgan fingerprint density at radius 1 is 1.37 bits per heavy atom. The third-order valence-electron chi connectivity index (χ3n) is 2.75. The average molecular weight is 262 g/mol. The highest BCUT2D eigenvalue weighted by molar-refractivity contribution is 5.97. The maximum absolute atomic E-state index is 11.9. The van der Waals surface area contributed by atoms with E-state index >= 15 is 0 Å². The topological polar surface area (TPSA) is 108 Å². The fourth-order valence-electron chi connectivity index (χ4n) is 1.70. The van der Waals surface area contributed by atoms with Crippen molar-refractivity contribution in [3.8, 4) is 0 Å². The molecule has 1 atom stereocenters. The number of hydrogen-bond donors (Lipinski definition) is 3. The van der Waals surface area contributed by atoms with Gasteiger partial charge in [-0.05, 0) is 31.5 Å². The number of carbonyl (C=O) groups excluding carboxylic acids is 1. The SMILES string of the molecule is CC(CCC(=O)O)NC(=O)c1ccc2n[nH]nc2c1. The number of nitrogens with one attached hydrogen (secondary N) is 2. The van der Waals surface area contributed by atoms with Crippen molar-refractivity contribution in [2.24, 2.45) is 0 Å². The van der Waals surface area contributed by atoms with E-state index in [0.29, 0.717) is 23.0 Å². The van der Waals surface area contributed by atoms with Crippen LogP contribution in [0.1, 0.15) is 30.1 Å². The molecule has 1 heterocycles. The number of rotatable bonds is 5. The van der Waals surface area contributed by atoms with E-state index in [1.807, 2.05) is 0 Å². The van der Waals surface area contributed by atoms with Crippen LogP contribution in [0, 0.1) is 0 Å². The van der Waals surface area contributed by atoms with Crippen molar-refractivity contribution in [1.82, 2.24) is 20.7 Å². The van der Waals surface area contributed by atoms with Crippen LogP contribution in [-0.4, -0.2) is 38.4 Å². The molecule has 1 aromatic heterocycles. The Bertz CT molecular complexity index is 608. The second-order valence-electron chi connectivity index (χ2n) is 4.33. The molecule has 19 heavy (non-hydrogen) atoms. The number of H-pyrrole nitrogens is 1. The lowest BCUT2D eigenvalue weighted by atomic mass is 10.1. The molecule has 0 aliphatic heterocycles. The highest BCUT2D eigenvalue weighted by Crippen LogP contribution is 2.11. The molecule has 0 radical (unpaired) electrons. The van der Waals surface area contributed by atoms with Crippen molar-refractivity contribution >= 4 is 22.9 Å². The first kappa shape index (κ1) is 13.0. The van der Waals surface area contributed by atoms with Gasteiger partial charge in [0.1, 0.15) is 11.0 Å². The summed E-state index contributed by atoms with van der Waals surface area (Å²) in [6.45, 7) is 1.77. The van der Waals surface area contributed by atoms with E-state index in [9.17, 15) is 9.59 Å². The van der Waals surface area contributed by atoms with Gasteiger partial charge in [-0.25, -0.2) is 0 Å². The van der Waals surface area contributed by atoms with Gasteiger partial charge >= 0.3 is 5.97 Å². The minimum atomic E-state index is -0.870. The quantitative estimate of drug-likeness (QED) is 0.743. The molecule has 0 aliphatic rings. The summed E-state index contributed by atoms with van der Waals surface area (Å²) in [5, 5.41) is 21.6.